The summed E-state index contributed by atoms with van der Waals surface area (Å²) in [4.78, 5) is 12.2. The van der Waals surface area contributed by atoms with Gasteiger partial charge in [-0.05, 0) is 36.8 Å². The van der Waals surface area contributed by atoms with E-state index in [1.807, 2.05) is 6.07 Å². The maximum absolute atomic E-state index is 12.9. The normalized spacial score (nSPS) is 12.8. The van der Waals surface area contributed by atoms with Crippen molar-refractivity contribution in [1.82, 2.24) is 5.32 Å². The van der Waals surface area contributed by atoms with Gasteiger partial charge in [-0.1, -0.05) is 40.2 Å². The minimum Gasteiger partial charge on any atom is -0.346 e. The van der Waals surface area contributed by atoms with Crippen molar-refractivity contribution in [3.05, 3.63) is 69.7 Å². The van der Waals surface area contributed by atoms with Crippen LogP contribution in [0.15, 0.2) is 53.0 Å². The molecule has 2 aromatic rings. The number of carbonyl (C=O) groups excluding carboxylic acids is 1. The molecular weight excluding hydrogens is 359 g/mol. The van der Waals surface area contributed by atoms with Crippen LogP contribution in [0.25, 0.3) is 0 Å². The molecule has 0 aromatic heterocycles. The van der Waals surface area contributed by atoms with Gasteiger partial charge < -0.3 is 5.32 Å². The van der Waals surface area contributed by atoms with Crippen LogP contribution in [0.5, 0.6) is 0 Å². The molecule has 0 saturated carbocycles. The molecule has 22 heavy (non-hydrogen) atoms. The summed E-state index contributed by atoms with van der Waals surface area (Å²) < 4.78 is 39.6. The van der Waals surface area contributed by atoms with Crippen molar-refractivity contribution in [2.45, 2.75) is 19.1 Å². The maximum atomic E-state index is 12.9. The first-order valence-electron chi connectivity index (χ1n) is 6.51. The number of halogens is 4. The van der Waals surface area contributed by atoms with Gasteiger partial charge in [-0.3, -0.25) is 4.79 Å². The van der Waals surface area contributed by atoms with Crippen LogP contribution >= 0.6 is 15.9 Å². The van der Waals surface area contributed by atoms with Crippen molar-refractivity contribution in [2.24, 2.45) is 0 Å². The zero-order valence-corrected chi connectivity index (χ0v) is 13.2. The Morgan fingerprint density at radius 2 is 1.82 bits per heavy atom. The van der Waals surface area contributed by atoms with Crippen LogP contribution in [0.4, 0.5) is 13.2 Å². The third kappa shape index (κ3) is 3.88. The number of amides is 1. The van der Waals surface area contributed by atoms with Crippen LogP contribution in [-0.2, 0) is 6.18 Å². The maximum Gasteiger partial charge on any atom is 0.417 e. The third-order valence-electron chi connectivity index (χ3n) is 3.17. The first kappa shape index (κ1) is 16.5. The number of nitrogens with one attached hydrogen (secondary N) is 1. The van der Waals surface area contributed by atoms with E-state index < -0.39 is 23.7 Å². The Hall–Kier alpha value is -1.82. The predicted molar refractivity (Wildman–Crippen MR) is 81.5 cm³/mol. The molecule has 0 aliphatic carbocycles. The monoisotopic (exact) mass is 371 g/mol. The SMILES string of the molecule is C[C@H](NC(=O)c1ccccc1C(F)(F)F)c1cccc(Br)c1. The molecule has 0 bridgehead atoms. The highest BCUT2D eigenvalue weighted by Gasteiger charge is 2.35. The fraction of sp³-hybridized carbons (Fsp3) is 0.188. The van der Waals surface area contributed by atoms with Crippen LogP contribution < -0.4 is 5.32 Å². The summed E-state index contributed by atoms with van der Waals surface area (Å²) in [6.45, 7) is 1.72. The highest BCUT2D eigenvalue weighted by atomic mass is 79.9. The molecule has 0 heterocycles. The zero-order valence-electron chi connectivity index (χ0n) is 11.6. The van der Waals surface area contributed by atoms with E-state index >= 15 is 0 Å². The Balaban J connectivity index is 2.23. The van der Waals surface area contributed by atoms with E-state index in [-0.39, 0.29) is 5.56 Å². The molecule has 0 unspecified atom stereocenters. The number of hydrogen-bond acceptors (Lipinski definition) is 1. The molecule has 2 nitrogen and oxygen atoms in total. The lowest BCUT2D eigenvalue weighted by Gasteiger charge is -2.17. The second-order valence-corrected chi connectivity index (χ2v) is 5.71. The topological polar surface area (TPSA) is 29.1 Å². The molecule has 2 aromatic carbocycles. The lowest BCUT2D eigenvalue weighted by Crippen LogP contribution is -2.28. The number of benzene rings is 2. The highest BCUT2D eigenvalue weighted by molar-refractivity contribution is 9.10. The lowest BCUT2D eigenvalue weighted by molar-refractivity contribution is -0.137. The van der Waals surface area contributed by atoms with Crippen LogP contribution in [-0.4, -0.2) is 5.91 Å². The van der Waals surface area contributed by atoms with E-state index in [1.165, 1.54) is 18.2 Å². The first-order valence-corrected chi connectivity index (χ1v) is 7.31. The third-order valence-corrected chi connectivity index (χ3v) is 3.67. The molecule has 1 amide bonds. The summed E-state index contributed by atoms with van der Waals surface area (Å²) in [6.07, 6.45) is -4.56. The fourth-order valence-electron chi connectivity index (χ4n) is 2.06. The smallest absolute Gasteiger partial charge is 0.346 e. The van der Waals surface area contributed by atoms with E-state index in [0.717, 1.165) is 16.1 Å². The Morgan fingerprint density at radius 3 is 2.45 bits per heavy atom. The molecule has 0 aliphatic heterocycles. The van der Waals surface area contributed by atoms with E-state index in [0.29, 0.717) is 0 Å². The highest BCUT2D eigenvalue weighted by Crippen LogP contribution is 2.32. The largest absolute Gasteiger partial charge is 0.417 e. The summed E-state index contributed by atoms with van der Waals surface area (Å²) in [5.74, 6) is -0.750. The van der Waals surface area contributed by atoms with Crippen LogP contribution in [0.1, 0.15) is 34.5 Å². The number of carbonyl (C=O) groups is 1. The van der Waals surface area contributed by atoms with Gasteiger partial charge in [-0.15, -0.1) is 0 Å². The van der Waals surface area contributed by atoms with Crippen LogP contribution in [0, 0.1) is 0 Å². The van der Waals surface area contributed by atoms with Crippen LogP contribution in [0.2, 0.25) is 0 Å². The molecule has 0 spiro atoms. The van der Waals surface area contributed by atoms with Crippen molar-refractivity contribution in [1.29, 1.82) is 0 Å². The standard InChI is InChI=1S/C16H13BrF3NO/c1-10(11-5-4-6-12(17)9-11)21-15(22)13-7-2-3-8-14(13)16(18,19)20/h2-10H,1H3,(H,21,22)/t10-/m0/s1. The van der Waals surface area contributed by atoms with Gasteiger partial charge in [0.1, 0.15) is 0 Å². The number of rotatable bonds is 3. The molecule has 116 valence electrons. The molecule has 0 saturated heterocycles. The molecule has 0 radical (unpaired) electrons. The molecule has 6 heteroatoms. The van der Waals surface area contributed by atoms with Gasteiger partial charge >= 0.3 is 6.18 Å². The molecular formula is C16H13BrF3NO. The quantitative estimate of drug-likeness (QED) is 0.811. The van der Waals surface area contributed by atoms with Crippen molar-refractivity contribution in [3.63, 3.8) is 0 Å². The lowest BCUT2D eigenvalue weighted by atomic mass is 10.0. The van der Waals surface area contributed by atoms with Gasteiger partial charge in [0.25, 0.3) is 5.91 Å². The van der Waals surface area contributed by atoms with E-state index in [1.54, 1.807) is 25.1 Å². The molecule has 2 rings (SSSR count). The summed E-state index contributed by atoms with van der Waals surface area (Å²) in [5, 5.41) is 2.59. The van der Waals surface area contributed by atoms with E-state index in [2.05, 4.69) is 21.2 Å². The molecule has 0 aliphatic rings. The Kier molecular flexibility index (Phi) is 4.90. The Bertz CT molecular complexity index is 685. The molecule has 1 atom stereocenters. The van der Waals surface area contributed by atoms with Gasteiger partial charge in [0.05, 0.1) is 17.2 Å². The number of hydrogen-bond donors (Lipinski definition) is 1. The number of alkyl halides is 3. The fourth-order valence-corrected chi connectivity index (χ4v) is 2.48. The Labute approximate surface area is 134 Å². The van der Waals surface area contributed by atoms with Gasteiger partial charge in [-0.2, -0.15) is 13.2 Å². The zero-order chi connectivity index (χ0) is 16.3. The average molecular weight is 372 g/mol. The van der Waals surface area contributed by atoms with Gasteiger partial charge in [0.15, 0.2) is 0 Å². The average Bonchev–Trinajstić information content (AvgIpc) is 2.46. The summed E-state index contributed by atoms with van der Waals surface area (Å²) >= 11 is 3.32. The Morgan fingerprint density at radius 1 is 1.14 bits per heavy atom. The van der Waals surface area contributed by atoms with E-state index in [4.69, 9.17) is 0 Å². The van der Waals surface area contributed by atoms with Crippen molar-refractivity contribution in [2.75, 3.05) is 0 Å². The summed E-state index contributed by atoms with van der Waals surface area (Å²) in [5.41, 5.74) is -0.516. The molecule has 0 fully saturated rings. The minimum absolute atomic E-state index is 0.378. The van der Waals surface area contributed by atoms with Gasteiger partial charge in [-0.25, -0.2) is 0 Å². The van der Waals surface area contributed by atoms with Crippen molar-refractivity contribution < 1.29 is 18.0 Å². The van der Waals surface area contributed by atoms with Crippen molar-refractivity contribution >= 4 is 21.8 Å². The minimum atomic E-state index is -4.56. The first-order chi connectivity index (χ1) is 10.3. The van der Waals surface area contributed by atoms with Crippen LogP contribution in [0.3, 0.4) is 0 Å². The van der Waals surface area contributed by atoms with Gasteiger partial charge in [0.2, 0.25) is 0 Å². The predicted octanol–water partition coefficient (Wildman–Crippen LogP) is 4.96. The molecule has 1 N–H and O–H groups in total. The van der Waals surface area contributed by atoms with Crippen molar-refractivity contribution in [3.8, 4) is 0 Å². The van der Waals surface area contributed by atoms with Gasteiger partial charge in [0, 0.05) is 4.47 Å². The second-order valence-electron chi connectivity index (χ2n) is 4.79. The summed E-state index contributed by atoms with van der Waals surface area (Å²) in [6, 6.07) is 11.6. The van der Waals surface area contributed by atoms with E-state index in [9.17, 15) is 18.0 Å². The second kappa shape index (κ2) is 6.52. The summed E-state index contributed by atoms with van der Waals surface area (Å²) in [7, 11) is 0.